The van der Waals surface area contributed by atoms with Crippen molar-refractivity contribution < 1.29 is 0 Å². The summed E-state index contributed by atoms with van der Waals surface area (Å²) in [4.78, 5) is 0. The quantitative estimate of drug-likeness (QED) is 0.776. The van der Waals surface area contributed by atoms with Crippen molar-refractivity contribution in [2.45, 2.75) is 25.8 Å². The molecular formula is C13H20N2. The maximum atomic E-state index is 3.56. The summed E-state index contributed by atoms with van der Waals surface area (Å²) in [5, 5.41) is 6.99. The third kappa shape index (κ3) is 2.80. The zero-order chi connectivity index (χ0) is 10.5. The monoisotopic (exact) mass is 204 g/mol. The number of aryl methyl sites for hydroxylation is 1. The molecule has 2 N–H and O–H groups in total. The topological polar surface area (TPSA) is 24.1 Å². The van der Waals surface area contributed by atoms with E-state index in [1.54, 1.807) is 0 Å². The Hall–Kier alpha value is -0.860. The third-order valence-corrected chi connectivity index (χ3v) is 3.09. The van der Waals surface area contributed by atoms with E-state index in [0.717, 1.165) is 32.5 Å². The average Bonchev–Trinajstić information content (AvgIpc) is 2.31. The Morgan fingerprint density at radius 1 is 1.20 bits per heavy atom. The van der Waals surface area contributed by atoms with Crippen LogP contribution in [0.2, 0.25) is 0 Å². The minimum Gasteiger partial charge on any atom is -0.314 e. The van der Waals surface area contributed by atoms with Gasteiger partial charge in [0.15, 0.2) is 0 Å². The Morgan fingerprint density at radius 2 is 2.00 bits per heavy atom. The van der Waals surface area contributed by atoms with Crippen molar-refractivity contribution in [2.24, 2.45) is 0 Å². The second kappa shape index (κ2) is 5.29. The van der Waals surface area contributed by atoms with Crippen LogP contribution in [0, 0.1) is 0 Å². The number of benzene rings is 1. The lowest BCUT2D eigenvalue weighted by Crippen LogP contribution is -2.49. The van der Waals surface area contributed by atoms with Crippen molar-refractivity contribution in [1.29, 1.82) is 0 Å². The number of nitrogens with one attached hydrogen (secondary N) is 2. The lowest BCUT2D eigenvalue weighted by atomic mass is 9.98. The second-order valence-electron chi connectivity index (χ2n) is 4.18. The summed E-state index contributed by atoms with van der Waals surface area (Å²) in [6.07, 6.45) is 2.29. The zero-order valence-corrected chi connectivity index (χ0v) is 9.42. The lowest BCUT2D eigenvalue weighted by molar-refractivity contribution is 0.416. The van der Waals surface area contributed by atoms with Gasteiger partial charge in [0.2, 0.25) is 0 Å². The van der Waals surface area contributed by atoms with Crippen molar-refractivity contribution in [2.75, 3.05) is 19.6 Å². The van der Waals surface area contributed by atoms with Crippen LogP contribution in [0.4, 0.5) is 0 Å². The first kappa shape index (κ1) is 10.7. The van der Waals surface area contributed by atoms with Crippen molar-refractivity contribution in [3.05, 3.63) is 35.4 Å². The molecule has 1 atom stereocenters. The SMILES string of the molecule is CCc1ccccc1C[C@@H]1CNCCN1. The van der Waals surface area contributed by atoms with Gasteiger partial charge in [-0.25, -0.2) is 0 Å². The van der Waals surface area contributed by atoms with Gasteiger partial charge in [-0.3, -0.25) is 0 Å². The normalized spacial score (nSPS) is 21.5. The summed E-state index contributed by atoms with van der Waals surface area (Å²) in [6.45, 7) is 5.52. The molecule has 0 saturated carbocycles. The fraction of sp³-hybridized carbons (Fsp3) is 0.538. The van der Waals surface area contributed by atoms with Crippen LogP contribution in [0.1, 0.15) is 18.1 Å². The zero-order valence-electron chi connectivity index (χ0n) is 9.42. The Balaban J connectivity index is 2.02. The van der Waals surface area contributed by atoms with Gasteiger partial charge in [-0.2, -0.15) is 0 Å². The average molecular weight is 204 g/mol. The maximum absolute atomic E-state index is 3.56. The van der Waals surface area contributed by atoms with Crippen LogP contribution < -0.4 is 10.6 Å². The largest absolute Gasteiger partial charge is 0.314 e. The molecule has 1 aromatic rings. The van der Waals surface area contributed by atoms with Crippen LogP contribution in [0.25, 0.3) is 0 Å². The van der Waals surface area contributed by atoms with Crippen LogP contribution in [0.3, 0.4) is 0 Å². The number of rotatable bonds is 3. The van der Waals surface area contributed by atoms with Crippen molar-refractivity contribution in [3.8, 4) is 0 Å². The first-order valence-corrected chi connectivity index (χ1v) is 5.91. The van der Waals surface area contributed by atoms with E-state index in [-0.39, 0.29) is 0 Å². The molecule has 1 aromatic carbocycles. The van der Waals surface area contributed by atoms with E-state index in [1.807, 2.05) is 0 Å². The van der Waals surface area contributed by atoms with Crippen molar-refractivity contribution in [3.63, 3.8) is 0 Å². The van der Waals surface area contributed by atoms with Gasteiger partial charge in [0.05, 0.1) is 0 Å². The number of hydrogen-bond donors (Lipinski definition) is 2. The van der Waals surface area contributed by atoms with Crippen LogP contribution in [-0.4, -0.2) is 25.7 Å². The Kier molecular flexibility index (Phi) is 3.75. The summed E-state index contributed by atoms with van der Waals surface area (Å²) < 4.78 is 0. The van der Waals surface area contributed by atoms with E-state index in [1.165, 1.54) is 11.1 Å². The Labute approximate surface area is 92.1 Å². The van der Waals surface area contributed by atoms with Crippen LogP contribution in [0.5, 0.6) is 0 Å². The highest BCUT2D eigenvalue weighted by Crippen LogP contribution is 2.12. The summed E-state index contributed by atoms with van der Waals surface area (Å²) in [6, 6.07) is 9.38. The first-order chi connectivity index (χ1) is 7.40. The molecule has 1 aliphatic rings. The van der Waals surface area contributed by atoms with E-state index in [4.69, 9.17) is 0 Å². The molecule has 15 heavy (non-hydrogen) atoms. The molecule has 0 radical (unpaired) electrons. The second-order valence-corrected chi connectivity index (χ2v) is 4.18. The molecule has 0 spiro atoms. The molecule has 0 aromatic heterocycles. The van der Waals surface area contributed by atoms with Gasteiger partial charge >= 0.3 is 0 Å². The molecule has 0 amide bonds. The number of hydrogen-bond acceptors (Lipinski definition) is 2. The highest BCUT2D eigenvalue weighted by atomic mass is 15.0. The van der Waals surface area contributed by atoms with Crippen LogP contribution in [-0.2, 0) is 12.8 Å². The van der Waals surface area contributed by atoms with Crippen molar-refractivity contribution in [1.82, 2.24) is 10.6 Å². The molecule has 82 valence electrons. The molecule has 0 unspecified atom stereocenters. The minimum absolute atomic E-state index is 0.603. The number of piperazine rings is 1. The predicted octanol–water partition coefficient (Wildman–Crippen LogP) is 1.35. The van der Waals surface area contributed by atoms with E-state index in [9.17, 15) is 0 Å². The Bertz CT molecular complexity index is 303. The Morgan fingerprint density at radius 3 is 2.67 bits per heavy atom. The van der Waals surface area contributed by atoms with Gasteiger partial charge in [0, 0.05) is 25.7 Å². The van der Waals surface area contributed by atoms with Gasteiger partial charge in [-0.1, -0.05) is 31.2 Å². The molecule has 2 heteroatoms. The summed E-state index contributed by atoms with van der Waals surface area (Å²) in [5.41, 5.74) is 2.99. The van der Waals surface area contributed by atoms with Gasteiger partial charge < -0.3 is 10.6 Å². The molecule has 1 saturated heterocycles. The molecule has 0 bridgehead atoms. The third-order valence-electron chi connectivity index (χ3n) is 3.09. The molecule has 0 aliphatic carbocycles. The minimum atomic E-state index is 0.603. The molecular weight excluding hydrogens is 184 g/mol. The van der Waals surface area contributed by atoms with Crippen molar-refractivity contribution >= 4 is 0 Å². The first-order valence-electron chi connectivity index (χ1n) is 5.91. The van der Waals surface area contributed by atoms with Crippen LogP contribution in [0.15, 0.2) is 24.3 Å². The van der Waals surface area contributed by atoms with Gasteiger partial charge in [0.1, 0.15) is 0 Å². The van der Waals surface area contributed by atoms with E-state index < -0.39 is 0 Å². The van der Waals surface area contributed by atoms with Gasteiger partial charge in [0.25, 0.3) is 0 Å². The van der Waals surface area contributed by atoms with E-state index >= 15 is 0 Å². The highest BCUT2D eigenvalue weighted by molar-refractivity contribution is 5.28. The lowest BCUT2D eigenvalue weighted by Gasteiger charge is -2.25. The van der Waals surface area contributed by atoms with Gasteiger partial charge in [-0.05, 0) is 24.0 Å². The molecule has 2 nitrogen and oxygen atoms in total. The molecule has 2 rings (SSSR count). The maximum Gasteiger partial charge on any atom is 0.0233 e. The van der Waals surface area contributed by atoms with E-state index in [2.05, 4.69) is 41.8 Å². The summed E-state index contributed by atoms with van der Waals surface area (Å²) in [7, 11) is 0. The van der Waals surface area contributed by atoms with E-state index in [0.29, 0.717) is 6.04 Å². The molecule has 1 fully saturated rings. The van der Waals surface area contributed by atoms with Crippen LogP contribution >= 0.6 is 0 Å². The predicted molar refractivity (Wildman–Crippen MR) is 64.2 cm³/mol. The molecule has 1 heterocycles. The standard InChI is InChI=1S/C13H20N2/c1-2-11-5-3-4-6-12(11)9-13-10-14-7-8-15-13/h3-6,13-15H,2,7-10H2,1H3/t13-/m1/s1. The fourth-order valence-corrected chi connectivity index (χ4v) is 2.22. The molecule has 1 aliphatic heterocycles. The summed E-state index contributed by atoms with van der Waals surface area (Å²) in [5.74, 6) is 0. The summed E-state index contributed by atoms with van der Waals surface area (Å²) >= 11 is 0. The fourth-order valence-electron chi connectivity index (χ4n) is 2.22. The smallest absolute Gasteiger partial charge is 0.0233 e. The van der Waals surface area contributed by atoms with Gasteiger partial charge in [-0.15, -0.1) is 0 Å². The highest BCUT2D eigenvalue weighted by Gasteiger charge is 2.13.